The molecule has 0 heterocycles. The Hall–Kier alpha value is -3.28. The van der Waals surface area contributed by atoms with Gasteiger partial charge in [0.15, 0.2) is 0 Å². The zero-order valence-electron chi connectivity index (χ0n) is 15.9. The van der Waals surface area contributed by atoms with Crippen molar-refractivity contribution in [2.24, 2.45) is 0 Å². The minimum Gasteiger partial charge on any atom is -0.489 e. The number of carbonyl (C=O) groups excluding carboxylic acids is 2. The first kappa shape index (κ1) is 20.0. The average molecular weight is 367 g/mol. The summed E-state index contributed by atoms with van der Waals surface area (Å²) in [5.74, 6) is 0.448. The van der Waals surface area contributed by atoms with Crippen molar-refractivity contribution in [1.29, 1.82) is 0 Å². The lowest BCUT2D eigenvalue weighted by Gasteiger charge is -2.12. The highest BCUT2D eigenvalue weighted by molar-refractivity contribution is 5.96. The molecule has 2 N–H and O–H groups in total. The lowest BCUT2D eigenvalue weighted by Crippen LogP contribution is -2.23. The number of benzene rings is 2. The monoisotopic (exact) mass is 367 g/mol. The molecule has 142 valence electrons. The van der Waals surface area contributed by atoms with E-state index in [4.69, 9.17) is 4.74 Å². The molecule has 0 atom stereocenters. The van der Waals surface area contributed by atoms with Crippen LogP contribution >= 0.6 is 0 Å². The molecule has 0 aliphatic heterocycles. The molecule has 6 heteroatoms. The van der Waals surface area contributed by atoms with Crippen LogP contribution in [0.1, 0.15) is 17.3 Å². The SMILES string of the molecule is C=C(C)COc1ccc(NC(=O)CNc2cccc(C(=O)N(C)C)c2)cc1. The molecule has 6 nitrogen and oxygen atoms in total. The minimum atomic E-state index is -0.185. The van der Waals surface area contributed by atoms with Gasteiger partial charge in [0.25, 0.3) is 5.91 Å². The molecule has 0 aromatic heterocycles. The molecule has 27 heavy (non-hydrogen) atoms. The smallest absolute Gasteiger partial charge is 0.253 e. The minimum absolute atomic E-state index is 0.0861. The molecule has 0 bridgehead atoms. The number of nitrogens with zero attached hydrogens (tertiary/aromatic N) is 1. The average Bonchev–Trinajstić information content (AvgIpc) is 2.65. The molecule has 0 saturated carbocycles. The van der Waals surface area contributed by atoms with E-state index in [0.29, 0.717) is 23.5 Å². The summed E-state index contributed by atoms with van der Waals surface area (Å²) >= 11 is 0. The van der Waals surface area contributed by atoms with Crippen LogP contribution in [-0.4, -0.2) is 44.0 Å². The highest BCUT2D eigenvalue weighted by atomic mass is 16.5. The Morgan fingerprint density at radius 1 is 1.07 bits per heavy atom. The van der Waals surface area contributed by atoms with Crippen molar-refractivity contribution >= 4 is 23.2 Å². The maximum absolute atomic E-state index is 12.1. The molecule has 0 fully saturated rings. The standard InChI is InChI=1S/C21H25N3O3/c1-15(2)14-27-19-10-8-17(9-11-19)23-20(25)13-22-18-7-5-6-16(12-18)21(26)24(3)4/h5-12,22H,1,13-14H2,2-4H3,(H,23,25). The third kappa shape index (κ3) is 6.51. The van der Waals surface area contributed by atoms with Gasteiger partial charge in [-0.2, -0.15) is 0 Å². The third-order valence-electron chi connectivity index (χ3n) is 3.59. The highest BCUT2D eigenvalue weighted by Crippen LogP contribution is 2.16. The van der Waals surface area contributed by atoms with Gasteiger partial charge >= 0.3 is 0 Å². The summed E-state index contributed by atoms with van der Waals surface area (Å²) in [7, 11) is 3.40. The number of hydrogen-bond acceptors (Lipinski definition) is 4. The number of nitrogens with one attached hydrogen (secondary N) is 2. The number of amides is 2. The van der Waals surface area contributed by atoms with E-state index >= 15 is 0 Å². The normalized spacial score (nSPS) is 10.0. The van der Waals surface area contributed by atoms with Crippen LogP contribution in [0.3, 0.4) is 0 Å². The van der Waals surface area contributed by atoms with Crippen LogP contribution in [0.2, 0.25) is 0 Å². The first-order chi connectivity index (χ1) is 12.8. The Labute approximate surface area is 159 Å². The number of hydrogen-bond donors (Lipinski definition) is 2. The molecular weight excluding hydrogens is 342 g/mol. The van der Waals surface area contributed by atoms with Crippen molar-refractivity contribution < 1.29 is 14.3 Å². The summed E-state index contributed by atoms with van der Waals surface area (Å²) in [6, 6.07) is 14.2. The Morgan fingerprint density at radius 3 is 2.41 bits per heavy atom. The molecule has 2 rings (SSSR count). The van der Waals surface area contributed by atoms with Gasteiger partial charge in [0.1, 0.15) is 12.4 Å². The first-order valence-corrected chi connectivity index (χ1v) is 8.58. The number of ether oxygens (including phenoxy) is 1. The molecule has 0 spiro atoms. The van der Waals surface area contributed by atoms with Crippen molar-refractivity contribution in [2.75, 3.05) is 37.9 Å². The summed E-state index contributed by atoms with van der Waals surface area (Å²) in [6.07, 6.45) is 0. The van der Waals surface area contributed by atoms with Gasteiger partial charge in [0.05, 0.1) is 6.54 Å². The van der Waals surface area contributed by atoms with Gasteiger partial charge in [0.2, 0.25) is 5.91 Å². The second-order valence-electron chi connectivity index (χ2n) is 6.45. The molecule has 0 unspecified atom stereocenters. The Bertz CT molecular complexity index is 814. The lowest BCUT2D eigenvalue weighted by molar-refractivity contribution is -0.114. The molecule has 2 aromatic rings. The second-order valence-corrected chi connectivity index (χ2v) is 6.45. The van der Waals surface area contributed by atoms with Crippen LogP contribution in [0.4, 0.5) is 11.4 Å². The van der Waals surface area contributed by atoms with E-state index in [1.807, 2.05) is 13.0 Å². The molecule has 0 aliphatic rings. The van der Waals surface area contributed by atoms with Crippen molar-refractivity contribution in [3.05, 3.63) is 66.2 Å². The van der Waals surface area contributed by atoms with Crippen LogP contribution in [-0.2, 0) is 4.79 Å². The summed E-state index contributed by atoms with van der Waals surface area (Å²) in [5.41, 5.74) is 2.90. The fourth-order valence-corrected chi connectivity index (χ4v) is 2.25. The van der Waals surface area contributed by atoms with Crippen molar-refractivity contribution in [1.82, 2.24) is 4.90 Å². The first-order valence-electron chi connectivity index (χ1n) is 8.58. The molecule has 0 aliphatic carbocycles. The summed E-state index contributed by atoms with van der Waals surface area (Å²) in [4.78, 5) is 25.6. The van der Waals surface area contributed by atoms with Crippen molar-refractivity contribution in [3.8, 4) is 5.75 Å². The van der Waals surface area contributed by atoms with Gasteiger partial charge < -0.3 is 20.3 Å². The van der Waals surface area contributed by atoms with Crippen LogP contribution < -0.4 is 15.4 Å². The van der Waals surface area contributed by atoms with Gasteiger partial charge in [0, 0.05) is 31.0 Å². The van der Waals surface area contributed by atoms with E-state index in [1.54, 1.807) is 56.6 Å². The van der Waals surface area contributed by atoms with Crippen molar-refractivity contribution in [3.63, 3.8) is 0 Å². The van der Waals surface area contributed by atoms with Gasteiger partial charge in [-0.15, -0.1) is 0 Å². The van der Waals surface area contributed by atoms with E-state index in [9.17, 15) is 9.59 Å². The Morgan fingerprint density at radius 2 is 1.78 bits per heavy atom. The number of rotatable bonds is 8. The molecule has 0 radical (unpaired) electrons. The van der Waals surface area contributed by atoms with Gasteiger partial charge in [-0.3, -0.25) is 9.59 Å². The molecule has 2 amide bonds. The zero-order chi connectivity index (χ0) is 19.8. The van der Waals surface area contributed by atoms with E-state index < -0.39 is 0 Å². The maximum Gasteiger partial charge on any atom is 0.253 e. The van der Waals surface area contributed by atoms with Crippen LogP contribution in [0, 0.1) is 0 Å². The predicted molar refractivity (Wildman–Crippen MR) is 108 cm³/mol. The van der Waals surface area contributed by atoms with E-state index in [0.717, 1.165) is 11.3 Å². The Balaban J connectivity index is 1.86. The van der Waals surface area contributed by atoms with Gasteiger partial charge in [-0.1, -0.05) is 12.6 Å². The number of carbonyl (C=O) groups is 2. The van der Waals surface area contributed by atoms with Crippen LogP contribution in [0.5, 0.6) is 5.75 Å². The molecular formula is C21H25N3O3. The predicted octanol–water partition coefficient (Wildman–Crippen LogP) is 3.39. The second kappa shape index (κ2) is 9.43. The lowest BCUT2D eigenvalue weighted by atomic mass is 10.2. The van der Waals surface area contributed by atoms with E-state index in [1.165, 1.54) is 4.90 Å². The Kier molecular flexibility index (Phi) is 7.00. The van der Waals surface area contributed by atoms with Gasteiger partial charge in [-0.05, 0) is 55.0 Å². The fraction of sp³-hybridized carbons (Fsp3) is 0.238. The summed E-state index contributed by atoms with van der Waals surface area (Å²) < 4.78 is 5.52. The van der Waals surface area contributed by atoms with E-state index in [-0.39, 0.29) is 18.4 Å². The highest BCUT2D eigenvalue weighted by Gasteiger charge is 2.09. The maximum atomic E-state index is 12.1. The molecule has 2 aromatic carbocycles. The van der Waals surface area contributed by atoms with E-state index in [2.05, 4.69) is 17.2 Å². The summed E-state index contributed by atoms with van der Waals surface area (Å²) in [6.45, 7) is 6.24. The van der Waals surface area contributed by atoms with Crippen molar-refractivity contribution in [2.45, 2.75) is 6.92 Å². The van der Waals surface area contributed by atoms with Crippen LogP contribution in [0.25, 0.3) is 0 Å². The topological polar surface area (TPSA) is 70.7 Å². The van der Waals surface area contributed by atoms with Gasteiger partial charge in [-0.25, -0.2) is 0 Å². The largest absolute Gasteiger partial charge is 0.489 e. The quantitative estimate of drug-likeness (QED) is 0.702. The molecule has 0 saturated heterocycles. The third-order valence-corrected chi connectivity index (χ3v) is 3.59. The zero-order valence-corrected chi connectivity index (χ0v) is 15.9. The summed E-state index contributed by atoms with van der Waals surface area (Å²) in [5, 5.41) is 5.84. The number of anilines is 2. The van der Waals surface area contributed by atoms with Crippen LogP contribution in [0.15, 0.2) is 60.7 Å². The fourth-order valence-electron chi connectivity index (χ4n) is 2.25.